The minimum Gasteiger partial charge on any atom is -0.386 e. The molecule has 0 saturated carbocycles. The summed E-state index contributed by atoms with van der Waals surface area (Å²) in [6, 6.07) is -0.819. The molecule has 0 aliphatic rings. The summed E-state index contributed by atoms with van der Waals surface area (Å²) in [6.45, 7) is 2.17. The zero-order chi connectivity index (χ0) is 17.3. The molecular weight excluding hydrogens is 294 g/mol. The topological polar surface area (TPSA) is 80.4 Å². The minimum atomic E-state index is -0.819. The molecule has 5 heteroatoms. The molecule has 5 nitrogen and oxygen atoms in total. The zero-order valence-electron chi connectivity index (χ0n) is 14.8. The molecule has 0 aromatic rings. The van der Waals surface area contributed by atoms with Gasteiger partial charge in [0.2, 0.25) is 6.04 Å². The van der Waals surface area contributed by atoms with Gasteiger partial charge in [0, 0.05) is 17.8 Å². The van der Waals surface area contributed by atoms with E-state index >= 15 is 0 Å². The summed E-state index contributed by atoms with van der Waals surface area (Å²) in [7, 11) is 0. The molecule has 0 radical (unpaired) electrons. The van der Waals surface area contributed by atoms with E-state index in [2.05, 4.69) is 6.92 Å². The Bertz CT molecular complexity index is 297. The second-order valence-corrected chi connectivity index (χ2v) is 6.49. The van der Waals surface area contributed by atoms with E-state index in [9.17, 15) is 20.0 Å². The van der Waals surface area contributed by atoms with Crippen LogP contribution in [0.15, 0.2) is 0 Å². The highest BCUT2D eigenvalue weighted by Gasteiger charge is 2.28. The van der Waals surface area contributed by atoms with Crippen molar-refractivity contribution in [3.05, 3.63) is 10.1 Å². The molecule has 0 saturated heterocycles. The van der Waals surface area contributed by atoms with Gasteiger partial charge in [-0.15, -0.1) is 0 Å². The van der Waals surface area contributed by atoms with Gasteiger partial charge in [-0.1, -0.05) is 64.7 Å². The first kappa shape index (κ1) is 22.0. The molecular formula is C18H35NO4. The Kier molecular flexibility index (Phi) is 15.2. The maximum Gasteiger partial charge on any atom is 0.238 e. The fourth-order valence-electron chi connectivity index (χ4n) is 2.88. The number of hydrogen-bond donors (Lipinski definition) is 1. The molecule has 0 spiro atoms. The zero-order valence-corrected chi connectivity index (χ0v) is 14.8. The second kappa shape index (κ2) is 15.9. The van der Waals surface area contributed by atoms with Gasteiger partial charge in [0.25, 0.3) is 0 Å². The minimum absolute atomic E-state index is 0.311. The Morgan fingerprint density at radius 1 is 0.913 bits per heavy atom. The van der Waals surface area contributed by atoms with Crippen LogP contribution in [0.1, 0.15) is 96.8 Å². The van der Waals surface area contributed by atoms with Crippen molar-refractivity contribution in [1.29, 1.82) is 0 Å². The third-order valence-electron chi connectivity index (χ3n) is 4.39. The molecule has 0 aromatic carbocycles. The number of carbonyl (C=O) groups is 1. The first-order valence-electron chi connectivity index (χ1n) is 9.38. The normalized spacial score (nSPS) is 13.7. The lowest BCUT2D eigenvalue weighted by Gasteiger charge is -2.16. The number of aldehydes is 1. The van der Waals surface area contributed by atoms with Crippen LogP contribution >= 0.6 is 0 Å². The average Bonchev–Trinajstić information content (AvgIpc) is 2.52. The highest BCUT2D eigenvalue weighted by Crippen LogP contribution is 2.17. The molecule has 2 atom stereocenters. The number of rotatable bonds is 17. The van der Waals surface area contributed by atoms with Gasteiger partial charge in [-0.25, -0.2) is 0 Å². The molecule has 0 bridgehead atoms. The van der Waals surface area contributed by atoms with Crippen molar-refractivity contribution in [2.75, 3.05) is 0 Å². The summed E-state index contributed by atoms with van der Waals surface area (Å²) >= 11 is 0. The Morgan fingerprint density at radius 2 is 1.43 bits per heavy atom. The van der Waals surface area contributed by atoms with Gasteiger partial charge in [-0.2, -0.15) is 0 Å². The van der Waals surface area contributed by atoms with Crippen molar-refractivity contribution in [1.82, 2.24) is 0 Å². The van der Waals surface area contributed by atoms with Crippen LogP contribution in [0.25, 0.3) is 0 Å². The summed E-state index contributed by atoms with van der Waals surface area (Å²) in [5, 5.41) is 21.2. The van der Waals surface area contributed by atoms with Gasteiger partial charge >= 0.3 is 0 Å². The number of unbranched alkanes of at least 4 members (excludes halogenated alkanes) is 10. The number of hydrogen-bond acceptors (Lipinski definition) is 4. The van der Waals surface area contributed by atoms with Crippen LogP contribution in [0.3, 0.4) is 0 Å². The van der Waals surface area contributed by atoms with Gasteiger partial charge in [0.1, 0.15) is 12.4 Å². The van der Waals surface area contributed by atoms with Gasteiger partial charge in [-0.05, 0) is 19.3 Å². The summed E-state index contributed by atoms with van der Waals surface area (Å²) in [5.74, 6) is 0. The van der Waals surface area contributed by atoms with Crippen LogP contribution in [0.4, 0.5) is 0 Å². The molecule has 0 fully saturated rings. The standard InChI is InChI=1S/C18H35NO4/c1-2-3-4-5-9-12-15-18(21)17(19(22)23)14-11-8-6-7-10-13-16-20/h16-18,21H,2-15H2,1H3. The fourth-order valence-corrected chi connectivity index (χ4v) is 2.88. The van der Waals surface area contributed by atoms with Crippen LogP contribution in [-0.2, 0) is 4.79 Å². The number of aliphatic hydroxyl groups is 1. The largest absolute Gasteiger partial charge is 0.386 e. The summed E-state index contributed by atoms with van der Waals surface area (Å²) < 4.78 is 0. The van der Waals surface area contributed by atoms with Crippen LogP contribution in [-0.4, -0.2) is 28.5 Å². The molecule has 23 heavy (non-hydrogen) atoms. The summed E-state index contributed by atoms with van der Waals surface area (Å²) in [6.07, 6.45) is 13.1. The van der Waals surface area contributed by atoms with Crippen LogP contribution < -0.4 is 0 Å². The highest BCUT2D eigenvalue weighted by molar-refractivity contribution is 5.48. The lowest BCUT2D eigenvalue weighted by Crippen LogP contribution is -2.33. The van der Waals surface area contributed by atoms with Gasteiger partial charge in [-0.3, -0.25) is 10.1 Å². The molecule has 0 aromatic heterocycles. The van der Waals surface area contributed by atoms with Gasteiger partial charge < -0.3 is 9.90 Å². The molecule has 0 rings (SSSR count). The maximum atomic E-state index is 11.1. The fraction of sp³-hybridized carbons (Fsp3) is 0.944. The van der Waals surface area contributed by atoms with E-state index in [1.807, 2.05) is 0 Å². The first-order chi connectivity index (χ1) is 11.1. The molecule has 0 heterocycles. The predicted octanol–water partition coefficient (Wildman–Crippen LogP) is 4.67. The first-order valence-corrected chi connectivity index (χ1v) is 9.38. The second-order valence-electron chi connectivity index (χ2n) is 6.49. The predicted molar refractivity (Wildman–Crippen MR) is 93.2 cm³/mol. The monoisotopic (exact) mass is 329 g/mol. The van der Waals surface area contributed by atoms with E-state index in [1.54, 1.807) is 0 Å². The SMILES string of the molecule is CCCCCCCCC(O)C(CCCCCCCC=O)[N+](=O)[O-]. The van der Waals surface area contributed by atoms with E-state index in [1.165, 1.54) is 19.3 Å². The van der Waals surface area contributed by atoms with E-state index in [-0.39, 0.29) is 4.92 Å². The quantitative estimate of drug-likeness (QED) is 0.182. The third kappa shape index (κ3) is 13.2. The summed E-state index contributed by atoms with van der Waals surface area (Å²) in [4.78, 5) is 21.0. The molecule has 0 aliphatic carbocycles. The molecule has 136 valence electrons. The number of carbonyl (C=O) groups excluding carboxylic acids is 1. The number of nitro groups is 1. The third-order valence-corrected chi connectivity index (χ3v) is 4.39. The van der Waals surface area contributed by atoms with Crippen LogP contribution in [0.2, 0.25) is 0 Å². The van der Waals surface area contributed by atoms with Crippen molar-refractivity contribution in [3.63, 3.8) is 0 Å². The smallest absolute Gasteiger partial charge is 0.238 e. The van der Waals surface area contributed by atoms with Crippen molar-refractivity contribution in [2.24, 2.45) is 0 Å². The van der Waals surface area contributed by atoms with E-state index < -0.39 is 12.1 Å². The highest BCUT2D eigenvalue weighted by atomic mass is 16.6. The van der Waals surface area contributed by atoms with Crippen molar-refractivity contribution in [2.45, 2.75) is 109 Å². The van der Waals surface area contributed by atoms with Gasteiger partial charge in [0.15, 0.2) is 0 Å². The van der Waals surface area contributed by atoms with Crippen LogP contribution in [0, 0.1) is 10.1 Å². The van der Waals surface area contributed by atoms with Gasteiger partial charge in [0.05, 0.1) is 0 Å². The molecule has 0 aliphatic heterocycles. The Balaban J connectivity index is 3.77. The Hall–Kier alpha value is -0.970. The lowest BCUT2D eigenvalue weighted by atomic mass is 9.98. The summed E-state index contributed by atoms with van der Waals surface area (Å²) in [5.41, 5.74) is 0. The van der Waals surface area contributed by atoms with Crippen LogP contribution in [0.5, 0.6) is 0 Å². The number of aliphatic hydroxyl groups excluding tert-OH is 1. The molecule has 1 N–H and O–H groups in total. The van der Waals surface area contributed by atoms with E-state index in [0.29, 0.717) is 19.3 Å². The average molecular weight is 329 g/mol. The maximum absolute atomic E-state index is 11.1. The lowest BCUT2D eigenvalue weighted by molar-refractivity contribution is -0.535. The van der Waals surface area contributed by atoms with Crippen molar-refractivity contribution < 1.29 is 14.8 Å². The van der Waals surface area contributed by atoms with Crippen molar-refractivity contribution >= 4 is 6.29 Å². The Morgan fingerprint density at radius 3 is 2.00 bits per heavy atom. The van der Waals surface area contributed by atoms with E-state index in [0.717, 1.165) is 57.7 Å². The molecule has 0 amide bonds. The van der Waals surface area contributed by atoms with E-state index in [4.69, 9.17) is 0 Å². The molecule has 2 unspecified atom stereocenters. The number of nitrogens with zero attached hydrogens (tertiary/aromatic N) is 1. The van der Waals surface area contributed by atoms with Crippen molar-refractivity contribution in [3.8, 4) is 0 Å². The Labute approximate surface area is 141 Å².